The van der Waals surface area contributed by atoms with Crippen LogP contribution < -0.4 is 0 Å². The zero-order valence-electron chi connectivity index (χ0n) is 16.5. The molecule has 0 aromatic rings. The number of piperidine rings is 1. The topological polar surface area (TPSA) is 21.7 Å². The van der Waals surface area contributed by atoms with Crippen molar-refractivity contribution in [2.24, 2.45) is 41.4 Å². The van der Waals surface area contributed by atoms with Crippen LogP contribution in [0.5, 0.6) is 0 Å². The molecule has 3 fully saturated rings. The van der Waals surface area contributed by atoms with E-state index in [2.05, 4.69) is 32.7 Å². The van der Waals surface area contributed by atoms with E-state index in [4.69, 9.17) is 9.47 Å². The molecule has 0 amide bonds. The van der Waals surface area contributed by atoms with Gasteiger partial charge in [-0.25, -0.2) is 0 Å². The van der Waals surface area contributed by atoms with Crippen LogP contribution in [0, 0.1) is 41.4 Å². The summed E-state index contributed by atoms with van der Waals surface area (Å²) in [6.07, 6.45) is 5.60. The highest BCUT2D eigenvalue weighted by atomic mass is 16.5. The Kier molecular flexibility index (Phi) is 6.26. The molecule has 0 aromatic carbocycles. The largest absolute Gasteiger partial charge is 0.381 e. The molecule has 0 aromatic heterocycles. The Balaban J connectivity index is 1.71. The predicted molar refractivity (Wildman–Crippen MR) is 99.0 cm³/mol. The summed E-state index contributed by atoms with van der Waals surface area (Å²) in [5, 5.41) is 0. The lowest BCUT2D eigenvalue weighted by molar-refractivity contribution is -0.0991. The van der Waals surface area contributed by atoms with Crippen molar-refractivity contribution >= 4 is 0 Å². The second kappa shape index (κ2) is 8.05. The maximum atomic E-state index is 6.07. The number of rotatable bonds is 3. The maximum Gasteiger partial charge on any atom is 0.0606 e. The maximum absolute atomic E-state index is 6.07. The van der Waals surface area contributed by atoms with E-state index in [9.17, 15) is 0 Å². The van der Waals surface area contributed by atoms with Gasteiger partial charge in [0.25, 0.3) is 0 Å². The molecule has 24 heavy (non-hydrogen) atoms. The summed E-state index contributed by atoms with van der Waals surface area (Å²) in [7, 11) is 4.24. The number of hydrogen-bond donors (Lipinski definition) is 0. The van der Waals surface area contributed by atoms with Gasteiger partial charge in [-0.3, -0.25) is 0 Å². The molecule has 3 aliphatic rings. The van der Waals surface area contributed by atoms with Crippen LogP contribution in [0.25, 0.3) is 0 Å². The number of nitrogens with zero attached hydrogens (tertiary/aromatic N) is 1. The number of methoxy groups -OCH3 is 1. The summed E-state index contributed by atoms with van der Waals surface area (Å²) in [6, 6.07) is 0. The Bertz CT molecular complexity index is 401. The van der Waals surface area contributed by atoms with E-state index in [1.807, 2.05) is 7.11 Å². The summed E-state index contributed by atoms with van der Waals surface area (Å²) in [6.45, 7) is 11.9. The Morgan fingerprint density at radius 3 is 2.33 bits per heavy atom. The zero-order valence-corrected chi connectivity index (χ0v) is 16.5. The van der Waals surface area contributed by atoms with Crippen LogP contribution in [0.3, 0.4) is 0 Å². The lowest BCUT2D eigenvalue weighted by atomic mass is 9.60. The van der Waals surface area contributed by atoms with Crippen molar-refractivity contribution in [3.63, 3.8) is 0 Å². The summed E-state index contributed by atoms with van der Waals surface area (Å²) in [4.78, 5) is 2.54. The van der Waals surface area contributed by atoms with Gasteiger partial charge in [-0.05, 0) is 80.7 Å². The Morgan fingerprint density at radius 1 is 0.875 bits per heavy atom. The fourth-order valence-electron chi connectivity index (χ4n) is 5.99. The SMILES string of the molecule is COC1CC(C2CN(C)CCC2C)C(C)CC1C1COCCC1C. The minimum absolute atomic E-state index is 0.430. The summed E-state index contributed by atoms with van der Waals surface area (Å²) in [5.74, 6) is 5.51. The first-order chi connectivity index (χ1) is 11.5. The molecule has 0 N–H and O–H groups in total. The average molecular weight is 338 g/mol. The fourth-order valence-corrected chi connectivity index (χ4v) is 5.99. The minimum Gasteiger partial charge on any atom is -0.381 e. The molecular formula is C21H39NO2. The van der Waals surface area contributed by atoms with Crippen LogP contribution >= 0.6 is 0 Å². The van der Waals surface area contributed by atoms with Crippen LogP contribution in [0.1, 0.15) is 46.5 Å². The summed E-state index contributed by atoms with van der Waals surface area (Å²) < 4.78 is 11.9. The molecule has 1 aliphatic carbocycles. The molecule has 3 heteroatoms. The Hall–Kier alpha value is -0.120. The lowest BCUT2D eigenvalue weighted by Crippen LogP contribution is -2.49. The smallest absolute Gasteiger partial charge is 0.0606 e. The van der Waals surface area contributed by atoms with E-state index >= 15 is 0 Å². The first kappa shape index (κ1) is 18.7. The highest BCUT2D eigenvalue weighted by Crippen LogP contribution is 2.47. The third-order valence-corrected chi connectivity index (χ3v) is 7.74. The van der Waals surface area contributed by atoms with Crippen LogP contribution in [0.15, 0.2) is 0 Å². The molecule has 0 bridgehead atoms. The highest BCUT2D eigenvalue weighted by molar-refractivity contribution is 4.95. The first-order valence-electron chi connectivity index (χ1n) is 10.3. The molecule has 3 nitrogen and oxygen atoms in total. The standard InChI is InChI=1S/C21H39NO2/c1-14-6-8-22(4)12-19(14)17-11-21(23-5)18(10-16(17)3)20-13-24-9-7-15(20)2/h14-21H,6-13H2,1-5H3. The van der Waals surface area contributed by atoms with Gasteiger partial charge in [0.15, 0.2) is 0 Å². The number of likely N-dealkylation sites (tertiary alicyclic amines) is 1. The minimum atomic E-state index is 0.430. The monoisotopic (exact) mass is 337 g/mol. The van der Waals surface area contributed by atoms with Gasteiger partial charge in [-0.1, -0.05) is 20.8 Å². The Morgan fingerprint density at radius 2 is 1.62 bits per heavy atom. The third kappa shape index (κ3) is 3.83. The molecule has 2 aliphatic heterocycles. The normalized spacial score (nSPS) is 48.4. The Labute approximate surface area is 149 Å². The molecule has 0 radical (unpaired) electrons. The molecular weight excluding hydrogens is 298 g/mol. The van der Waals surface area contributed by atoms with Crippen LogP contribution in [-0.4, -0.2) is 51.5 Å². The first-order valence-corrected chi connectivity index (χ1v) is 10.3. The van der Waals surface area contributed by atoms with Crippen LogP contribution in [-0.2, 0) is 9.47 Å². The van der Waals surface area contributed by atoms with Crippen LogP contribution in [0.2, 0.25) is 0 Å². The van der Waals surface area contributed by atoms with E-state index in [1.54, 1.807) is 0 Å². The molecule has 140 valence electrons. The second-order valence-corrected chi connectivity index (χ2v) is 9.25. The van der Waals surface area contributed by atoms with Gasteiger partial charge >= 0.3 is 0 Å². The zero-order chi connectivity index (χ0) is 17.3. The van der Waals surface area contributed by atoms with E-state index in [0.29, 0.717) is 17.9 Å². The number of ether oxygens (including phenoxy) is 2. The van der Waals surface area contributed by atoms with Crippen molar-refractivity contribution in [2.45, 2.75) is 52.6 Å². The van der Waals surface area contributed by atoms with Crippen molar-refractivity contribution in [1.82, 2.24) is 4.90 Å². The summed E-state index contributed by atoms with van der Waals surface area (Å²) in [5.41, 5.74) is 0. The molecule has 1 saturated carbocycles. The average Bonchev–Trinajstić information content (AvgIpc) is 2.57. The van der Waals surface area contributed by atoms with Gasteiger partial charge in [0.1, 0.15) is 0 Å². The fraction of sp³-hybridized carbons (Fsp3) is 1.00. The van der Waals surface area contributed by atoms with Gasteiger partial charge in [-0.15, -0.1) is 0 Å². The highest BCUT2D eigenvalue weighted by Gasteiger charge is 2.45. The van der Waals surface area contributed by atoms with Crippen molar-refractivity contribution in [3.8, 4) is 0 Å². The summed E-state index contributed by atoms with van der Waals surface area (Å²) >= 11 is 0. The molecule has 3 rings (SSSR count). The van der Waals surface area contributed by atoms with E-state index in [1.165, 1.54) is 38.8 Å². The van der Waals surface area contributed by atoms with Gasteiger partial charge in [-0.2, -0.15) is 0 Å². The van der Waals surface area contributed by atoms with Gasteiger partial charge < -0.3 is 14.4 Å². The third-order valence-electron chi connectivity index (χ3n) is 7.74. The van der Waals surface area contributed by atoms with Gasteiger partial charge in [0.2, 0.25) is 0 Å². The van der Waals surface area contributed by atoms with Gasteiger partial charge in [0.05, 0.1) is 6.10 Å². The molecule has 0 spiro atoms. The van der Waals surface area contributed by atoms with Crippen molar-refractivity contribution in [1.29, 1.82) is 0 Å². The van der Waals surface area contributed by atoms with Crippen LogP contribution in [0.4, 0.5) is 0 Å². The molecule has 2 heterocycles. The molecule has 8 atom stereocenters. The van der Waals surface area contributed by atoms with Crippen molar-refractivity contribution in [2.75, 3.05) is 40.5 Å². The van der Waals surface area contributed by atoms with E-state index < -0.39 is 0 Å². The van der Waals surface area contributed by atoms with Crippen molar-refractivity contribution in [3.05, 3.63) is 0 Å². The van der Waals surface area contributed by atoms with E-state index in [0.717, 1.165) is 42.8 Å². The second-order valence-electron chi connectivity index (χ2n) is 9.25. The van der Waals surface area contributed by atoms with E-state index in [-0.39, 0.29) is 0 Å². The lowest BCUT2D eigenvalue weighted by Gasteiger charge is -2.50. The molecule has 2 saturated heterocycles. The molecule has 8 unspecified atom stereocenters. The van der Waals surface area contributed by atoms with Crippen molar-refractivity contribution < 1.29 is 9.47 Å². The number of hydrogen-bond acceptors (Lipinski definition) is 3. The predicted octanol–water partition coefficient (Wildman–Crippen LogP) is 3.92. The van der Waals surface area contributed by atoms with Gasteiger partial charge in [0, 0.05) is 26.9 Å². The quantitative estimate of drug-likeness (QED) is 0.779.